The standard InChI is InChI=1S/C9H14N2O3/c1-9(2,3)6-5(8(13)14)7(12)11(4)10-6/h10H,1-4H3,(H,13,14). The van der Waals surface area contributed by atoms with Crippen LogP contribution in [0.4, 0.5) is 0 Å². The van der Waals surface area contributed by atoms with E-state index in [2.05, 4.69) is 5.10 Å². The van der Waals surface area contributed by atoms with Crippen LogP contribution >= 0.6 is 0 Å². The number of H-pyrrole nitrogens is 1. The van der Waals surface area contributed by atoms with Crippen LogP contribution in [0, 0.1) is 0 Å². The Labute approximate surface area is 81.3 Å². The minimum atomic E-state index is -1.18. The number of carboxylic acid groups (broad SMARTS) is 1. The van der Waals surface area contributed by atoms with Gasteiger partial charge in [-0.05, 0) is 0 Å². The lowest BCUT2D eigenvalue weighted by Crippen LogP contribution is -2.21. The van der Waals surface area contributed by atoms with E-state index >= 15 is 0 Å². The summed E-state index contributed by atoms with van der Waals surface area (Å²) in [6.07, 6.45) is 0. The van der Waals surface area contributed by atoms with Gasteiger partial charge in [-0.2, -0.15) is 0 Å². The van der Waals surface area contributed by atoms with Gasteiger partial charge in [-0.3, -0.25) is 14.6 Å². The molecule has 0 saturated carbocycles. The average molecular weight is 198 g/mol. The second kappa shape index (κ2) is 3.01. The summed E-state index contributed by atoms with van der Waals surface area (Å²) in [6, 6.07) is 0. The van der Waals surface area contributed by atoms with Crippen LogP contribution in [-0.2, 0) is 12.5 Å². The third-order valence-corrected chi connectivity index (χ3v) is 2.01. The smallest absolute Gasteiger partial charge is 0.343 e. The summed E-state index contributed by atoms with van der Waals surface area (Å²) in [6.45, 7) is 5.56. The molecule has 5 nitrogen and oxygen atoms in total. The number of aryl methyl sites for hydroxylation is 1. The second-order valence-corrected chi connectivity index (χ2v) is 4.28. The summed E-state index contributed by atoms with van der Waals surface area (Å²) in [5.41, 5.74) is -0.589. The third kappa shape index (κ3) is 1.57. The summed E-state index contributed by atoms with van der Waals surface area (Å²) in [4.78, 5) is 22.3. The number of carboxylic acids is 1. The van der Waals surface area contributed by atoms with Crippen molar-refractivity contribution in [1.29, 1.82) is 0 Å². The molecule has 0 aliphatic carbocycles. The Kier molecular flexibility index (Phi) is 2.27. The maximum Gasteiger partial charge on any atom is 0.343 e. The molecule has 0 radical (unpaired) electrons. The van der Waals surface area contributed by atoms with Gasteiger partial charge in [-0.25, -0.2) is 4.79 Å². The second-order valence-electron chi connectivity index (χ2n) is 4.28. The Morgan fingerprint density at radius 2 is 1.93 bits per heavy atom. The van der Waals surface area contributed by atoms with E-state index in [4.69, 9.17) is 5.11 Å². The van der Waals surface area contributed by atoms with Crippen LogP contribution in [0.5, 0.6) is 0 Å². The lowest BCUT2D eigenvalue weighted by Gasteiger charge is -2.16. The van der Waals surface area contributed by atoms with Crippen molar-refractivity contribution in [2.45, 2.75) is 26.2 Å². The Morgan fingerprint density at radius 3 is 2.21 bits per heavy atom. The number of nitrogens with one attached hydrogen (secondary N) is 1. The molecule has 1 aromatic heterocycles. The first-order valence-electron chi connectivity index (χ1n) is 4.28. The predicted molar refractivity (Wildman–Crippen MR) is 51.7 cm³/mol. The van der Waals surface area contributed by atoms with E-state index in [1.807, 2.05) is 20.8 Å². The highest BCUT2D eigenvalue weighted by molar-refractivity contribution is 5.88. The van der Waals surface area contributed by atoms with Crippen molar-refractivity contribution in [3.05, 3.63) is 21.6 Å². The molecule has 0 atom stereocenters. The van der Waals surface area contributed by atoms with Gasteiger partial charge in [0.1, 0.15) is 5.56 Å². The van der Waals surface area contributed by atoms with Crippen molar-refractivity contribution >= 4 is 5.97 Å². The molecular formula is C9H14N2O3. The summed E-state index contributed by atoms with van der Waals surface area (Å²) in [5, 5.41) is 11.6. The fourth-order valence-electron chi connectivity index (χ4n) is 1.29. The SMILES string of the molecule is Cn1[nH]c(C(C)(C)C)c(C(=O)O)c1=O. The van der Waals surface area contributed by atoms with Crippen LogP contribution in [0.25, 0.3) is 0 Å². The van der Waals surface area contributed by atoms with Crippen LogP contribution in [0.1, 0.15) is 36.8 Å². The number of aromatic carboxylic acids is 1. The van der Waals surface area contributed by atoms with E-state index in [0.29, 0.717) is 5.69 Å². The first-order chi connectivity index (χ1) is 6.25. The van der Waals surface area contributed by atoms with Crippen LogP contribution in [0.3, 0.4) is 0 Å². The zero-order valence-corrected chi connectivity index (χ0v) is 8.71. The quantitative estimate of drug-likeness (QED) is 0.697. The van der Waals surface area contributed by atoms with Crippen molar-refractivity contribution in [3.63, 3.8) is 0 Å². The molecule has 0 fully saturated rings. The van der Waals surface area contributed by atoms with Crippen molar-refractivity contribution in [3.8, 4) is 0 Å². The third-order valence-electron chi connectivity index (χ3n) is 2.01. The normalized spacial score (nSPS) is 11.7. The average Bonchev–Trinajstić information content (AvgIpc) is 2.27. The van der Waals surface area contributed by atoms with Crippen molar-refractivity contribution in [2.75, 3.05) is 0 Å². The number of nitrogens with zero attached hydrogens (tertiary/aromatic N) is 1. The lowest BCUT2D eigenvalue weighted by atomic mass is 9.89. The van der Waals surface area contributed by atoms with E-state index in [1.54, 1.807) is 0 Å². The highest BCUT2D eigenvalue weighted by Crippen LogP contribution is 2.21. The molecule has 0 spiro atoms. The number of aromatic amines is 1. The minimum absolute atomic E-state index is 0.167. The predicted octanol–water partition coefficient (Wildman–Crippen LogP) is 0.709. The molecule has 1 rings (SSSR count). The Morgan fingerprint density at radius 1 is 1.43 bits per heavy atom. The van der Waals surface area contributed by atoms with Gasteiger partial charge in [0.2, 0.25) is 0 Å². The molecule has 78 valence electrons. The van der Waals surface area contributed by atoms with Crippen molar-refractivity contribution < 1.29 is 9.90 Å². The molecule has 5 heteroatoms. The van der Waals surface area contributed by atoms with Crippen LogP contribution in [0.2, 0.25) is 0 Å². The number of carbonyl (C=O) groups is 1. The van der Waals surface area contributed by atoms with Gasteiger partial charge < -0.3 is 5.11 Å². The summed E-state index contributed by atoms with van der Waals surface area (Å²) >= 11 is 0. The molecule has 1 aromatic rings. The molecule has 0 unspecified atom stereocenters. The Hall–Kier alpha value is -1.52. The zero-order valence-electron chi connectivity index (χ0n) is 8.71. The molecule has 0 amide bonds. The Bertz CT molecular complexity index is 420. The fraction of sp³-hybridized carbons (Fsp3) is 0.556. The number of hydrogen-bond acceptors (Lipinski definition) is 2. The van der Waals surface area contributed by atoms with Gasteiger partial charge in [0.25, 0.3) is 5.56 Å². The van der Waals surface area contributed by atoms with Gasteiger partial charge in [0.15, 0.2) is 0 Å². The number of hydrogen-bond donors (Lipinski definition) is 2. The zero-order chi connectivity index (χ0) is 11.1. The molecule has 14 heavy (non-hydrogen) atoms. The molecule has 2 N–H and O–H groups in total. The summed E-state index contributed by atoms with van der Waals surface area (Å²) < 4.78 is 1.18. The highest BCUT2D eigenvalue weighted by atomic mass is 16.4. The molecular weight excluding hydrogens is 184 g/mol. The van der Waals surface area contributed by atoms with E-state index in [-0.39, 0.29) is 11.0 Å². The van der Waals surface area contributed by atoms with E-state index in [1.165, 1.54) is 11.7 Å². The van der Waals surface area contributed by atoms with E-state index in [9.17, 15) is 9.59 Å². The minimum Gasteiger partial charge on any atom is -0.477 e. The molecule has 0 aliphatic rings. The van der Waals surface area contributed by atoms with Gasteiger partial charge >= 0.3 is 5.97 Å². The maximum absolute atomic E-state index is 11.4. The van der Waals surface area contributed by atoms with Crippen molar-refractivity contribution in [2.24, 2.45) is 7.05 Å². The Balaban J connectivity index is 3.53. The first kappa shape index (κ1) is 10.6. The molecule has 0 aliphatic heterocycles. The number of aromatic nitrogens is 2. The number of rotatable bonds is 1. The molecule has 0 saturated heterocycles. The monoisotopic (exact) mass is 198 g/mol. The van der Waals surface area contributed by atoms with Gasteiger partial charge in [-0.1, -0.05) is 20.8 Å². The fourth-order valence-corrected chi connectivity index (χ4v) is 1.29. The molecule has 1 heterocycles. The first-order valence-corrected chi connectivity index (χ1v) is 4.28. The largest absolute Gasteiger partial charge is 0.477 e. The summed E-state index contributed by atoms with van der Waals surface area (Å²) in [5.74, 6) is -1.18. The summed E-state index contributed by atoms with van der Waals surface area (Å²) in [7, 11) is 1.50. The van der Waals surface area contributed by atoms with Gasteiger partial charge in [0.05, 0.1) is 5.69 Å². The van der Waals surface area contributed by atoms with Crippen molar-refractivity contribution in [1.82, 2.24) is 9.78 Å². The van der Waals surface area contributed by atoms with Gasteiger partial charge in [-0.15, -0.1) is 0 Å². The topological polar surface area (TPSA) is 75.1 Å². The van der Waals surface area contributed by atoms with E-state index in [0.717, 1.165) is 0 Å². The van der Waals surface area contributed by atoms with Crippen LogP contribution in [0.15, 0.2) is 4.79 Å². The molecule has 0 aromatic carbocycles. The molecule has 0 bridgehead atoms. The van der Waals surface area contributed by atoms with E-state index < -0.39 is 11.5 Å². The lowest BCUT2D eigenvalue weighted by molar-refractivity contribution is 0.0692. The van der Waals surface area contributed by atoms with Crippen LogP contribution in [-0.4, -0.2) is 20.9 Å². The van der Waals surface area contributed by atoms with Gasteiger partial charge in [0, 0.05) is 12.5 Å². The maximum atomic E-state index is 11.4. The van der Waals surface area contributed by atoms with Crippen LogP contribution < -0.4 is 5.56 Å². The highest BCUT2D eigenvalue weighted by Gasteiger charge is 2.27.